The first-order valence-corrected chi connectivity index (χ1v) is 9.78. The van der Waals surface area contributed by atoms with Gasteiger partial charge in [0.15, 0.2) is 0 Å². The molecule has 0 saturated carbocycles. The summed E-state index contributed by atoms with van der Waals surface area (Å²) in [6.07, 6.45) is 0.851. The van der Waals surface area contributed by atoms with E-state index in [2.05, 4.69) is 23.1 Å². The molecule has 2 aromatic carbocycles. The topological polar surface area (TPSA) is 59.2 Å². The molecule has 5 rings (SSSR count). The van der Waals surface area contributed by atoms with Crippen LogP contribution in [0.4, 0.5) is 5.69 Å². The molecule has 1 atom stereocenters. The van der Waals surface area contributed by atoms with Gasteiger partial charge in [-0.05, 0) is 44.9 Å². The van der Waals surface area contributed by atoms with Crippen LogP contribution >= 0.6 is 0 Å². The second-order valence-corrected chi connectivity index (χ2v) is 7.73. The summed E-state index contributed by atoms with van der Waals surface area (Å²) in [4.78, 5) is 20.3. The Kier molecular flexibility index (Phi) is 3.98. The van der Waals surface area contributed by atoms with Crippen molar-refractivity contribution >= 4 is 22.7 Å². The molecule has 29 heavy (non-hydrogen) atoms. The molecule has 3 heterocycles. The van der Waals surface area contributed by atoms with E-state index in [9.17, 15) is 4.79 Å². The Morgan fingerprint density at radius 2 is 1.86 bits per heavy atom. The second kappa shape index (κ2) is 6.55. The van der Waals surface area contributed by atoms with Gasteiger partial charge in [-0.25, -0.2) is 4.98 Å². The third kappa shape index (κ3) is 2.81. The quantitative estimate of drug-likeness (QED) is 0.483. The Labute approximate surface area is 169 Å². The van der Waals surface area contributed by atoms with Crippen molar-refractivity contribution in [3.8, 4) is 11.3 Å². The Morgan fingerprint density at radius 3 is 2.66 bits per heavy atom. The highest BCUT2D eigenvalue weighted by Crippen LogP contribution is 2.35. The number of pyridine rings is 1. The minimum absolute atomic E-state index is 0.0467. The Balaban J connectivity index is 1.68. The molecule has 1 unspecified atom stereocenters. The average Bonchev–Trinajstić information content (AvgIpc) is 3.26. The van der Waals surface area contributed by atoms with Crippen LogP contribution in [0.5, 0.6) is 0 Å². The number of benzene rings is 2. The summed E-state index contributed by atoms with van der Waals surface area (Å²) in [7, 11) is 0. The summed E-state index contributed by atoms with van der Waals surface area (Å²) in [5, 5.41) is 4.75. The first-order chi connectivity index (χ1) is 14.0. The normalized spacial score (nSPS) is 15.7. The summed E-state index contributed by atoms with van der Waals surface area (Å²) >= 11 is 0. The monoisotopic (exact) mass is 383 g/mol. The largest absolute Gasteiger partial charge is 0.335 e. The summed E-state index contributed by atoms with van der Waals surface area (Å²) < 4.78 is 5.45. The number of nitrogens with zero attached hydrogens (tertiary/aromatic N) is 3. The van der Waals surface area contributed by atoms with Gasteiger partial charge in [0.2, 0.25) is 0 Å². The van der Waals surface area contributed by atoms with Crippen molar-refractivity contribution in [1.29, 1.82) is 0 Å². The van der Waals surface area contributed by atoms with Gasteiger partial charge >= 0.3 is 0 Å². The molecule has 0 N–H and O–H groups in total. The predicted molar refractivity (Wildman–Crippen MR) is 113 cm³/mol. The van der Waals surface area contributed by atoms with Crippen LogP contribution in [-0.4, -0.2) is 22.1 Å². The van der Waals surface area contributed by atoms with Crippen LogP contribution in [0.25, 0.3) is 22.4 Å². The Morgan fingerprint density at radius 1 is 1.10 bits per heavy atom. The van der Waals surface area contributed by atoms with Crippen molar-refractivity contribution in [2.75, 3.05) is 4.90 Å². The Hall–Kier alpha value is -3.47. The van der Waals surface area contributed by atoms with Gasteiger partial charge in [-0.3, -0.25) is 4.79 Å². The van der Waals surface area contributed by atoms with Gasteiger partial charge in [-0.15, -0.1) is 0 Å². The number of fused-ring (bicyclic) bond motifs is 2. The van der Waals surface area contributed by atoms with E-state index in [4.69, 9.17) is 4.52 Å². The van der Waals surface area contributed by atoms with Gasteiger partial charge in [-0.2, -0.15) is 0 Å². The van der Waals surface area contributed by atoms with Crippen molar-refractivity contribution in [3.05, 3.63) is 77.0 Å². The van der Waals surface area contributed by atoms with Crippen LogP contribution in [0.2, 0.25) is 0 Å². The average molecular weight is 383 g/mol. The number of anilines is 1. The zero-order chi connectivity index (χ0) is 20.1. The third-order valence-electron chi connectivity index (χ3n) is 5.62. The van der Waals surface area contributed by atoms with E-state index < -0.39 is 0 Å². The number of aromatic nitrogens is 2. The maximum atomic E-state index is 13.8. The van der Waals surface area contributed by atoms with Gasteiger partial charge in [0, 0.05) is 17.3 Å². The van der Waals surface area contributed by atoms with Gasteiger partial charge in [-0.1, -0.05) is 53.2 Å². The van der Waals surface area contributed by atoms with Crippen molar-refractivity contribution < 1.29 is 9.32 Å². The van der Waals surface area contributed by atoms with Crippen LogP contribution in [0, 0.1) is 13.8 Å². The number of amides is 1. The van der Waals surface area contributed by atoms with E-state index in [0.717, 1.165) is 17.7 Å². The molecule has 1 aliphatic rings. The zero-order valence-corrected chi connectivity index (χ0v) is 16.6. The van der Waals surface area contributed by atoms with E-state index in [1.54, 1.807) is 0 Å². The molecule has 0 saturated heterocycles. The molecular weight excluding hydrogens is 362 g/mol. The maximum Gasteiger partial charge on any atom is 0.259 e. The lowest BCUT2D eigenvalue weighted by molar-refractivity contribution is 0.0983. The molecule has 0 fully saturated rings. The third-order valence-corrected chi connectivity index (χ3v) is 5.62. The van der Waals surface area contributed by atoms with Crippen molar-refractivity contribution in [1.82, 2.24) is 10.1 Å². The molecular formula is C24H21N3O2. The lowest BCUT2D eigenvalue weighted by Gasteiger charge is -2.23. The molecule has 144 valence electrons. The van der Waals surface area contributed by atoms with Crippen molar-refractivity contribution in [2.24, 2.45) is 0 Å². The van der Waals surface area contributed by atoms with E-state index in [1.807, 2.05) is 67.3 Å². The summed E-state index contributed by atoms with van der Waals surface area (Å²) in [6.45, 7) is 5.97. The van der Waals surface area contributed by atoms with E-state index in [1.165, 1.54) is 11.1 Å². The Bertz CT molecular complexity index is 1240. The lowest BCUT2D eigenvalue weighted by Crippen LogP contribution is -2.35. The van der Waals surface area contributed by atoms with Crippen molar-refractivity contribution in [2.45, 2.75) is 33.2 Å². The number of hydrogen-bond acceptors (Lipinski definition) is 4. The van der Waals surface area contributed by atoms with Gasteiger partial charge < -0.3 is 9.42 Å². The number of aryl methyl sites for hydroxylation is 2. The minimum atomic E-state index is -0.0467. The molecule has 5 heteroatoms. The molecule has 0 spiro atoms. The summed E-state index contributed by atoms with van der Waals surface area (Å²) in [6, 6.07) is 18.1. The van der Waals surface area contributed by atoms with Gasteiger partial charge in [0.1, 0.15) is 0 Å². The van der Waals surface area contributed by atoms with Gasteiger partial charge in [0.25, 0.3) is 11.6 Å². The van der Waals surface area contributed by atoms with Crippen LogP contribution in [0.15, 0.2) is 59.1 Å². The van der Waals surface area contributed by atoms with Crippen LogP contribution in [-0.2, 0) is 6.42 Å². The summed E-state index contributed by atoms with van der Waals surface area (Å²) in [5.74, 6) is -0.0467. The lowest BCUT2D eigenvalue weighted by atomic mass is 10.0. The van der Waals surface area contributed by atoms with Gasteiger partial charge in [0.05, 0.1) is 22.3 Å². The van der Waals surface area contributed by atoms with Crippen LogP contribution < -0.4 is 4.90 Å². The van der Waals surface area contributed by atoms with Crippen LogP contribution in [0.3, 0.4) is 0 Å². The van der Waals surface area contributed by atoms with Crippen molar-refractivity contribution in [3.63, 3.8) is 0 Å². The SMILES string of the molecule is Cc1ccc(-c2cc(C(=O)N3c4ccccc4CC3C)c3c(C)noc3n2)cc1. The molecule has 2 aromatic heterocycles. The highest BCUT2D eigenvalue weighted by atomic mass is 16.5. The zero-order valence-electron chi connectivity index (χ0n) is 16.6. The molecule has 0 bridgehead atoms. The fraction of sp³-hybridized carbons (Fsp3) is 0.208. The molecule has 0 aliphatic carbocycles. The number of rotatable bonds is 2. The highest BCUT2D eigenvalue weighted by Gasteiger charge is 2.33. The maximum absolute atomic E-state index is 13.8. The molecule has 1 amide bonds. The fourth-order valence-electron chi connectivity index (χ4n) is 4.14. The highest BCUT2D eigenvalue weighted by molar-refractivity contribution is 6.15. The minimum Gasteiger partial charge on any atom is -0.335 e. The van der Waals surface area contributed by atoms with E-state index >= 15 is 0 Å². The number of carbonyl (C=O) groups excluding carboxylic acids is 1. The van der Waals surface area contributed by atoms with Crippen LogP contribution in [0.1, 0.15) is 34.1 Å². The number of carbonyl (C=O) groups is 1. The number of para-hydroxylation sites is 1. The first kappa shape index (κ1) is 17.6. The fourth-order valence-corrected chi connectivity index (χ4v) is 4.14. The molecule has 0 radical (unpaired) electrons. The summed E-state index contributed by atoms with van der Waals surface area (Å²) in [5.41, 5.74) is 6.63. The predicted octanol–water partition coefficient (Wildman–Crippen LogP) is 5.10. The molecule has 5 nitrogen and oxygen atoms in total. The smallest absolute Gasteiger partial charge is 0.259 e. The standard InChI is InChI=1S/C24H21N3O2/c1-14-8-10-17(11-9-14)20-13-19(22-16(3)26-29-23(22)25-20)24(28)27-15(2)12-18-6-4-5-7-21(18)27/h4-11,13,15H,12H2,1-3H3. The van der Waals surface area contributed by atoms with E-state index in [0.29, 0.717) is 28.1 Å². The first-order valence-electron chi connectivity index (χ1n) is 9.78. The number of hydrogen-bond donors (Lipinski definition) is 0. The molecule has 1 aliphatic heterocycles. The van der Waals surface area contributed by atoms with E-state index in [-0.39, 0.29) is 11.9 Å². The second-order valence-electron chi connectivity index (χ2n) is 7.73. The molecule has 4 aromatic rings.